The standard InChI is InChI=1S/C15H28N2O/c1-3-12-6-8-13(9-7-12)15(18)17-10-4-5-14(17)11-16-2/h12-14,16H,3-11H2,1-2H3. The minimum atomic E-state index is 0.324. The minimum absolute atomic E-state index is 0.324. The highest BCUT2D eigenvalue weighted by Gasteiger charge is 2.34. The van der Waals surface area contributed by atoms with Crippen molar-refractivity contribution < 1.29 is 4.79 Å². The smallest absolute Gasteiger partial charge is 0.225 e. The van der Waals surface area contributed by atoms with E-state index in [4.69, 9.17) is 0 Å². The lowest BCUT2D eigenvalue weighted by Crippen LogP contribution is -2.44. The van der Waals surface area contributed by atoms with Crippen LogP contribution in [0.3, 0.4) is 0 Å². The molecular formula is C15H28N2O. The van der Waals surface area contributed by atoms with Gasteiger partial charge in [-0.05, 0) is 51.5 Å². The summed E-state index contributed by atoms with van der Waals surface area (Å²) in [6.07, 6.45) is 8.42. The van der Waals surface area contributed by atoms with Crippen molar-refractivity contribution in [1.82, 2.24) is 10.2 Å². The second-order valence-electron chi connectivity index (χ2n) is 6.01. The lowest BCUT2D eigenvalue weighted by molar-refractivity contribution is -0.137. The highest BCUT2D eigenvalue weighted by molar-refractivity contribution is 5.79. The Bertz CT molecular complexity index is 272. The van der Waals surface area contributed by atoms with Crippen LogP contribution in [0.25, 0.3) is 0 Å². The first kappa shape index (κ1) is 13.9. The van der Waals surface area contributed by atoms with Gasteiger partial charge < -0.3 is 10.2 Å². The maximum Gasteiger partial charge on any atom is 0.225 e. The summed E-state index contributed by atoms with van der Waals surface area (Å²) in [5.74, 6) is 1.65. The second-order valence-corrected chi connectivity index (χ2v) is 6.01. The van der Waals surface area contributed by atoms with Crippen molar-refractivity contribution in [2.24, 2.45) is 11.8 Å². The number of rotatable bonds is 4. The maximum absolute atomic E-state index is 12.6. The van der Waals surface area contributed by atoms with Crippen molar-refractivity contribution in [2.75, 3.05) is 20.1 Å². The number of likely N-dealkylation sites (tertiary alicyclic amines) is 1. The van der Waals surface area contributed by atoms with E-state index in [2.05, 4.69) is 17.1 Å². The number of likely N-dealkylation sites (N-methyl/N-ethyl adjacent to an activating group) is 1. The fraction of sp³-hybridized carbons (Fsp3) is 0.933. The average Bonchev–Trinajstić information content (AvgIpc) is 2.87. The molecule has 1 amide bonds. The monoisotopic (exact) mass is 252 g/mol. The average molecular weight is 252 g/mol. The molecule has 1 saturated carbocycles. The maximum atomic E-state index is 12.6. The van der Waals surface area contributed by atoms with Crippen molar-refractivity contribution in [2.45, 2.75) is 57.9 Å². The first-order valence-corrected chi connectivity index (χ1v) is 7.71. The Hall–Kier alpha value is -0.570. The van der Waals surface area contributed by atoms with Crippen LogP contribution in [0, 0.1) is 11.8 Å². The summed E-state index contributed by atoms with van der Waals surface area (Å²) in [7, 11) is 1.98. The summed E-state index contributed by atoms with van der Waals surface area (Å²) in [6.45, 7) is 4.21. The van der Waals surface area contributed by atoms with Crippen molar-refractivity contribution in [1.29, 1.82) is 0 Å². The Morgan fingerprint density at radius 1 is 1.22 bits per heavy atom. The molecular weight excluding hydrogens is 224 g/mol. The number of amides is 1. The van der Waals surface area contributed by atoms with Gasteiger partial charge in [-0.25, -0.2) is 0 Å². The van der Waals surface area contributed by atoms with Crippen molar-refractivity contribution >= 4 is 5.91 Å². The SMILES string of the molecule is CCC1CCC(C(=O)N2CCCC2CNC)CC1. The summed E-state index contributed by atoms with van der Waals surface area (Å²) < 4.78 is 0. The minimum Gasteiger partial charge on any atom is -0.338 e. The predicted octanol–water partition coefficient (Wildman–Crippen LogP) is 2.41. The summed E-state index contributed by atoms with van der Waals surface area (Å²) in [4.78, 5) is 14.7. The topological polar surface area (TPSA) is 32.3 Å². The van der Waals surface area contributed by atoms with Gasteiger partial charge in [0.1, 0.15) is 0 Å². The van der Waals surface area contributed by atoms with Gasteiger partial charge in [0.25, 0.3) is 0 Å². The quantitative estimate of drug-likeness (QED) is 0.833. The molecule has 0 aromatic heterocycles. The zero-order valence-corrected chi connectivity index (χ0v) is 12.0. The Morgan fingerprint density at radius 3 is 2.56 bits per heavy atom. The molecule has 104 valence electrons. The molecule has 3 nitrogen and oxygen atoms in total. The molecule has 0 aromatic rings. The van der Waals surface area contributed by atoms with E-state index in [9.17, 15) is 4.79 Å². The lowest BCUT2D eigenvalue weighted by atomic mass is 9.80. The Labute approximate surface area is 111 Å². The third-order valence-electron chi connectivity index (χ3n) is 4.87. The van der Waals surface area contributed by atoms with Crippen molar-refractivity contribution in [3.8, 4) is 0 Å². The van der Waals surface area contributed by atoms with Crippen LogP contribution in [0.4, 0.5) is 0 Å². The van der Waals surface area contributed by atoms with Gasteiger partial charge >= 0.3 is 0 Å². The fourth-order valence-corrected chi connectivity index (χ4v) is 3.63. The van der Waals surface area contributed by atoms with E-state index >= 15 is 0 Å². The number of hydrogen-bond acceptors (Lipinski definition) is 2. The van der Waals surface area contributed by atoms with E-state index in [1.807, 2.05) is 7.05 Å². The van der Waals surface area contributed by atoms with E-state index in [1.165, 1.54) is 32.1 Å². The molecule has 3 heteroatoms. The van der Waals surface area contributed by atoms with Gasteiger partial charge in [0.15, 0.2) is 0 Å². The highest BCUT2D eigenvalue weighted by atomic mass is 16.2. The number of carbonyl (C=O) groups is 1. The van der Waals surface area contributed by atoms with Crippen molar-refractivity contribution in [3.05, 3.63) is 0 Å². The Balaban J connectivity index is 1.87. The zero-order chi connectivity index (χ0) is 13.0. The van der Waals surface area contributed by atoms with E-state index in [0.717, 1.165) is 31.8 Å². The largest absolute Gasteiger partial charge is 0.338 e. The van der Waals surface area contributed by atoms with Gasteiger partial charge in [0.2, 0.25) is 5.91 Å². The highest BCUT2D eigenvalue weighted by Crippen LogP contribution is 2.33. The summed E-state index contributed by atoms with van der Waals surface area (Å²) in [5.41, 5.74) is 0. The number of nitrogens with one attached hydrogen (secondary N) is 1. The zero-order valence-electron chi connectivity index (χ0n) is 12.0. The van der Waals surface area contributed by atoms with Gasteiger partial charge in [0, 0.05) is 25.0 Å². The van der Waals surface area contributed by atoms with Gasteiger partial charge in [-0.1, -0.05) is 13.3 Å². The van der Waals surface area contributed by atoms with Crippen LogP contribution in [-0.4, -0.2) is 37.0 Å². The van der Waals surface area contributed by atoms with Crippen LogP contribution in [-0.2, 0) is 4.79 Å². The van der Waals surface area contributed by atoms with Gasteiger partial charge in [-0.3, -0.25) is 4.79 Å². The van der Waals surface area contributed by atoms with Crippen LogP contribution in [0.2, 0.25) is 0 Å². The van der Waals surface area contributed by atoms with Gasteiger partial charge in [-0.15, -0.1) is 0 Å². The molecule has 0 spiro atoms. The van der Waals surface area contributed by atoms with Crippen LogP contribution in [0.15, 0.2) is 0 Å². The van der Waals surface area contributed by atoms with E-state index in [-0.39, 0.29) is 0 Å². The Morgan fingerprint density at radius 2 is 1.94 bits per heavy atom. The molecule has 0 bridgehead atoms. The second kappa shape index (κ2) is 6.55. The Kier molecular flexibility index (Phi) is 5.04. The van der Waals surface area contributed by atoms with E-state index in [0.29, 0.717) is 17.9 Å². The molecule has 18 heavy (non-hydrogen) atoms. The fourth-order valence-electron chi connectivity index (χ4n) is 3.63. The molecule has 2 rings (SSSR count). The van der Waals surface area contributed by atoms with E-state index in [1.54, 1.807) is 0 Å². The lowest BCUT2D eigenvalue weighted by Gasteiger charge is -2.32. The summed E-state index contributed by atoms with van der Waals surface area (Å²) in [5, 5.41) is 3.22. The molecule has 0 radical (unpaired) electrons. The third kappa shape index (κ3) is 3.05. The molecule has 1 aliphatic heterocycles. The van der Waals surface area contributed by atoms with Gasteiger partial charge in [-0.2, -0.15) is 0 Å². The van der Waals surface area contributed by atoms with Crippen LogP contribution >= 0.6 is 0 Å². The number of hydrogen-bond donors (Lipinski definition) is 1. The molecule has 2 aliphatic rings. The molecule has 1 unspecified atom stereocenters. The molecule has 1 atom stereocenters. The predicted molar refractivity (Wildman–Crippen MR) is 74.4 cm³/mol. The molecule has 1 aliphatic carbocycles. The van der Waals surface area contributed by atoms with E-state index < -0.39 is 0 Å². The van der Waals surface area contributed by atoms with Crippen LogP contribution in [0.1, 0.15) is 51.9 Å². The first-order valence-electron chi connectivity index (χ1n) is 7.71. The number of nitrogens with zero attached hydrogens (tertiary/aromatic N) is 1. The number of carbonyl (C=O) groups excluding carboxylic acids is 1. The first-order chi connectivity index (χ1) is 8.76. The van der Waals surface area contributed by atoms with Crippen LogP contribution in [0.5, 0.6) is 0 Å². The van der Waals surface area contributed by atoms with Crippen molar-refractivity contribution in [3.63, 3.8) is 0 Å². The molecule has 1 heterocycles. The summed E-state index contributed by atoms with van der Waals surface area (Å²) >= 11 is 0. The van der Waals surface area contributed by atoms with Gasteiger partial charge in [0.05, 0.1) is 0 Å². The normalized spacial score (nSPS) is 32.8. The molecule has 2 fully saturated rings. The van der Waals surface area contributed by atoms with Crippen LogP contribution < -0.4 is 5.32 Å². The molecule has 1 N–H and O–H groups in total. The molecule has 1 saturated heterocycles. The third-order valence-corrected chi connectivity index (χ3v) is 4.87. The molecule has 0 aromatic carbocycles. The summed E-state index contributed by atoms with van der Waals surface area (Å²) in [6, 6.07) is 0.450.